The van der Waals surface area contributed by atoms with Crippen molar-refractivity contribution in [3.05, 3.63) is 30.1 Å². The van der Waals surface area contributed by atoms with Gasteiger partial charge in [0.2, 0.25) is 0 Å². The molecule has 0 unspecified atom stereocenters. The van der Waals surface area contributed by atoms with Crippen molar-refractivity contribution in [1.29, 1.82) is 0 Å². The van der Waals surface area contributed by atoms with Crippen molar-refractivity contribution in [2.45, 2.75) is 26.3 Å². The van der Waals surface area contributed by atoms with Crippen LogP contribution in [0.25, 0.3) is 11.0 Å². The van der Waals surface area contributed by atoms with E-state index >= 15 is 0 Å². The summed E-state index contributed by atoms with van der Waals surface area (Å²) in [7, 11) is 1.74. The van der Waals surface area contributed by atoms with E-state index in [1.54, 1.807) is 7.11 Å². The maximum atomic E-state index is 5.09. The molecule has 0 fully saturated rings. The molecule has 0 amide bonds. The Morgan fingerprint density at radius 2 is 2.12 bits per heavy atom. The molecule has 0 aliphatic carbocycles. The first-order valence-corrected chi connectivity index (χ1v) is 5.80. The summed E-state index contributed by atoms with van der Waals surface area (Å²) in [5.41, 5.74) is 2.33. The van der Waals surface area contributed by atoms with Gasteiger partial charge < -0.3 is 9.30 Å². The van der Waals surface area contributed by atoms with Crippen LogP contribution in [-0.4, -0.2) is 23.3 Å². The second-order valence-electron chi connectivity index (χ2n) is 3.87. The number of imidazole rings is 1. The van der Waals surface area contributed by atoms with Crippen LogP contribution in [0.5, 0.6) is 0 Å². The summed E-state index contributed by atoms with van der Waals surface area (Å²) in [5.74, 6) is 1.16. The van der Waals surface area contributed by atoms with Gasteiger partial charge in [0, 0.05) is 26.7 Å². The van der Waals surface area contributed by atoms with Gasteiger partial charge in [0.15, 0.2) is 0 Å². The second-order valence-corrected chi connectivity index (χ2v) is 3.87. The first-order chi connectivity index (χ1) is 7.86. The molecular formula is C13H18N2O. The molecule has 0 aliphatic rings. The normalized spacial score (nSPS) is 11.1. The van der Waals surface area contributed by atoms with Crippen molar-refractivity contribution in [2.24, 2.45) is 0 Å². The fraction of sp³-hybridized carbons (Fsp3) is 0.462. The molecular weight excluding hydrogens is 200 g/mol. The Hall–Kier alpha value is -1.35. The zero-order valence-electron chi connectivity index (χ0n) is 9.94. The third-order valence-electron chi connectivity index (χ3n) is 2.78. The summed E-state index contributed by atoms with van der Waals surface area (Å²) in [4.78, 5) is 4.63. The van der Waals surface area contributed by atoms with Crippen molar-refractivity contribution in [1.82, 2.24) is 9.55 Å². The molecule has 0 atom stereocenters. The molecule has 3 heteroatoms. The average molecular weight is 218 g/mol. The van der Waals surface area contributed by atoms with Gasteiger partial charge in [-0.15, -0.1) is 0 Å². The smallest absolute Gasteiger partial charge is 0.109 e. The van der Waals surface area contributed by atoms with E-state index in [-0.39, 0.29) is 0 Å². The van der Waals surface area contributed by atoms with Crippen molar-refractivity contribution in [2.75, 3.05) is 13.7 Å². The van der Waals surface area contributed by atoms with Crippen LogP contribution < -0.4 is 0 Å². The Bertz CT molecular complexity index is 462. The van der Waals surface area contributed by atoms with E-state index < -0.39 is 0 Å². The van der Waals surface area contributed by atoms with Gasteiger partial charge in [0.1, 0.15) is 5.82 Å². The van der Waals surface area contributed by atoms with E-state index in [4.69, 9.17) is 4.74 Å². The minimum Gasteiger partial charge on any atom is -0.385 e. The maximum Gasteiger partial charge on any atom is 0.109 e. The molecule has 1 aromatic carbocycles. The lowest BCUT2D eigenvalue weighted by molar-refractivity contribution is 0.190. The molecule has 86 valence electrons. The van der Waals surface area contributed by atoms with Crippen LogP contribution in [0.15, 0.2) is 24.3 Å². The van der Waals surface area contributed by atoms with Crippen LogP contribution in [0, 0.1) is 0 Å². The molecule has 0 radical (unpaired) electrons. The molecule has 1 heterocycles. The number of para-hydroxylation sites is 2. The molecule has 3 nitrogen and oxygen atoms in total. The largest absolute Gasteiger partial charge is 0.385 e. The van der Waals surface area contributed by atoms with Gasteiger partial charge in [0.05, 0.1) is 11.0 Å². The fourth-order valence-corrected chi connectivity index (χ4v) is 2.01. The third kappa shape index (κ3) is 2.09. The molecule has 1 aromatic heterocycles. The Balaban J connectivity index is 2.32. The van der Waals surface area contributed by atoms with E-state index in [2.05, 4.69) is 34.7 Å². The van der Waals surface area contributed by atoms with E-state index in [1.165, 1.54) is 5.52 Å². The molecule has 2 aromatic rings. The lowest BCUT2D eigenvalue weighted by atomic mass is 10.3. The number of rotatable bonds is 5. The van der Waals surface area contributed by atoms with Gasteiger partial charge in [-0.25, -0.2) is 4.98 Å². The number of hydrogen-bond donors (Lipinski definition) is 0. The van der Waals surface area contributed by atoms with Crippen molar-refractivity contribution >= 4 is 11.0 Å². The molecule has 0 bridgehead atoms. The monoisotopic (exact) mass is 218 g/mol. The molecule has 16 heavy (non-hydrogen) atoms. The Labute approximate surface area is 96.1 Å². The molecule has 0 N–H and O–H groups in total. The van der Waals surface area contributed by atoms with Gasteiger partial charge in [-0.3, -0.25) is 0 Å². The molecule has 0 aliphatic heterocycles. The maximum absolute atomic E-state index is 5.09. The highest BCUT2D eigenvalue weighted by atomic mass is 16.5. The Morgan fingerprint density at radius 3 is 2.88 bits per heavy atom. The molecule has 0 saturated carbocycles. The number of hydrogen-bond acceptors (Lipinski definition) is 2. The van der Waals surface area contributed by atoms with Crippen LogP contribution in [0.2, 0.25) is 0 Å². The highest BCUT2D eigenvalue weighted by molar-refractivity contribution is 5.75. The number of nitrogens with zero attached hydrogens (tertiary/aromatic N) is 2. The van der Waals surface area contributed by atoms with Gasteiger partial charge in [-0.2, -0.15) is 0 Å². The number of ether oxygens (including phenoxy) is 1. The minimum atomic E-state index is 0.801. The predicted molar refractivity (Wildman–Crippen MR) is 65.6 cm³/mol. The summed E-state index contributed by atoms with van der Waals surface area (Å²) in [6.45, 7) is 3.93. The summed E-state index contributed by atoms with van der Waals surface area (Å²) in [6, 6.07) is 8.31. The first kappa shape index (κ1) is 11.1. The fourth-order valence-electron chi connectivity index (χ4n) is 2.01. The number of aryl methyl sites for hydroxylation is 2. The van der Waals surface area contributed by atoms with Crippen LogP contribution in [0.3, 0.4) is 0 Å². The standard InChI is InChI=1S/C13H18N2O/c1-3-13-14-11-7-4-5-8-12(11)15(13)9-6-10-16-2/h4-5,7-8H,3,6,9-10H2,1-2H3. The number of aromatic nitrogens is 2. The van der Waals surface area contributed by atoms with E-state index in [0.29, 0.717) is 0 Å². The van der Waals surface area contributed by atoms with Crippen LogP contribution in [0.4, 0.5) is 0 Å². The number of benzene rings is 1. The number of methoxy groups -OCH3 is 1. The van der Waals surface area contributed by atoms with Crippen LogP contribution >= 0.6 is 0 Å². The Morgan fingerprint density at radius 1 is 1.31 bits per heavy atom. The quantitative estimate of drug-likeness (QED) is 0.721. The lowest BCUT2D eigenvalue weighted by Crippen LogP contribution is -2.05. The van der Waals surface area contributed by atoms with Crippen molar-refractivity contribution in [3.63, 3.8) is 0 Å². The summed E-state index contributed by atoms with van der Waals surface area (Å²) >= 11 is 0. The first-order valence-electron chi connectivity index (χ1n) is 5.80. The van der Waals surface area contributed by atoms with E-state index in [1.807, 2.05) is 6.07 Å². The van der Waals surface area contributed by atoms with Crippen LogP contribution in [0.1, 0.15) is 19.2 Å². The zero-order chi connectivity index (χ0) is 11.4. The summed E-state index contributed by atoms with van der Waals surface area (Å²) < 4.78 is 7.39. The zero-order valence-corrected chi connectivity index (χ0v) is 9.94. The number of fused-ring (bicyclic) bond motifs is 1. The van der Waals surface area contributed by atoms with Crippen LogP contribution in [-0.2, 0) is 17.7 Å². The van der Waals surface area contributed by atoms with Crippen molar-refractivity contribution < 1.29 is 4.74 Å². The minimum absolute atomic E-state index is 0.801. The highest BCUT2D eigenvalue weighted by Crippen LogP contribution is 2.16. The van der Waals surface area contributed by atoms with E-state index in [0.717, 1.165) is 37.3 Å². The molecule has 0 saturated heterocycles. The third-order valence-corrected chi connectivity index (χ3v) is 2.78. The highest BCUT2D eigenvalue weighted by Gasteiger charge is 2.07. The van der Waals surface area contributed by atoms with E-state index in [9.17, 15) is 0 Å². The summed E-state index contributed by atoms with van der Waals surface area (Å²) in [5, 5.41) is 0. The van der Waals surface area contributed by atoms with Gasteiger partial charge >= 0.3 is 0 Å². The molecule has 0 spiro atoms. The predicted octanol–water partition coefficient (Wildman–Crippen LogP) is 2.64. The van der Waals surface area contributed by atoms with Gasteiger partial charge in [0.25, 0.3) is 0 Å². The lowest BCUT2D eigenvalue weighted by Gasteiger charge is -2.07. The van der Waals surface area contributed by atoms with Gasteiger partial charge in [-0.05, 0) is 18.6 Å². The Kier molecular flexibility index (Phi) is 3.57. The summed E-state index contributed by atoms with van der Waals surface area (Å²) in [6.07, 6.45) is 2.01. The van der Waals surface area contributed by atoms with Gasteiger partial charge in [-0.1, -0.05) is 19.1 Å². The molecule has 2 rings (SSSR count). The topological polar surface area (TPSA) is 27.1 Å². The van der Waals surface area contributed by atoms with Crippen molar-refractivity contribution in [3.8, 4) is 0 Å². The average Bonchev–Trinajstić information content (AvgIpc) is 2.68. The second kappa shape index (κ2) is 5.12. The SMILES string of the molecule is CCc1nc2ccccc2n1CCCOC.